The van der Waals surface area contributed by atoms with Crippen molar-refractivity contribution < 1.29 is 9.90 Å². The molecule has 0 atom stereocenters. The third kappa shape index (κ3) is 3.90. The fourth-order valence-corrected chi connectivity index (χ4v) is 6.51. The summed E-state index contributed by atoms with van der Waals surface area (Å²) in [6, 6.07) is 8.67. The van der Waals surface area contributed by atoms with Crippen molar-refractivity contribution in [3.63, 3.8) is 0 Å². The predicted molar refractivity (Wildman–Crippen MR) is 121 cm³/mol. The van der Waals surface area contributed by atoms with Crippen molar-refractivity contribution in [1.82, 2.24) is 14.8 Å². The lowest BCUT2D eigenvalue weighted by molar-refractivity contribution is -0.138. The van der Waals surface area contributed by atoms with Gasteiger partial charge in [0.2, 0.25) is 4.73 Å². The van der Waals surface area contributed by atoms with Crippen LogP contribution in [-0.4, -0.2) is 30.6 Å². The number of aryl methyl sites for hydroxylation is 1. The fourth-order valence-electron chi connectivity index (χ4n) is 3.49. The number of nitrogens with zero attached hydrogens (tertiary/aromatic N) is 3. The molecule has 0 saturated heterocycles. The van der Waals surface area contributed by atoms with Gasteiger partial charge in [0.05, 0.1) is 0 Å². The Morgan fingerprint density at radius 3 is 2.48 bits per heavy atom. The highest BCUT2D eigenvalue weighted by Crippen LogP contribution is 2.45. The molecule has 0 aliphatic heterocycles. The van der Waals surface area contributed by atoms with Crippen LogP contribution in [0.2, 0.25) is 0 Å². The Morgan fingerprint density at radius 1 is 1.17 bits per heavy atom. The number of carboxylic acids is 1. The molecule has 1 aromatic carbocycles. The summed E-state index contributed by atoms with van der Waals surface area (Å²) in [5.41, 5.74) is 5.23. The summed E-state index contributed by atoms with van der Waals surface area (Å²) >= 11 is 6.50. The SMILES string of the molecule is Cc1ccc(-c2sc(-n3c(Br)nnc3SC(C)(C)C(=O)O)c3c2CCCC3)cc1. The van der Waals surface area contributed by atoms with E-state index in [-0.39, 0.29) is 0 Å². The lowest BCUT2D eigenvalue weighted by Gasteiger charge is -2.19. The van der Waals surface area contributed by atoms with Crippen LogP contribution in [0.5, 0.6) is 0 Å². The minimum absolute atomic E-state index is 0.592. The van der Waals surface area contributed by atoms with E-state index in [9.17, 15) is 9.90 Å². The van der Waals surface area contributed by atoms with Crippen LogP contribution in [0.1, 0.15) is 43.4 Å². The number of benzene rings is 1. The van der Waals surface area contributed by atoms with Crippen LogP contribution in [0.25, 0.3) is 15.4 Å². The second-order valence-corrected chi connectivity index (χ2v) is 11.1. The summed E-state index contributed by atoms with van der Waals surface area (Å²) in [5, 5.41) is 19.7. The predicted octanol–water partition coefficient (Wildman–Crippen LogP) is 5.90. The van der Waals surface area contributed by atoms with E-state index in [4.69, 9.17) is 0 Å². The zero-order valence-electron chi connectivity index (χ0n) is 16.5. The molecule has 1 N–H and O–H groups in total. The molecule has 2 aromatic heterocycles. The maximum Gasteiger partial charge on any atom is 0.319 e. The van der Waals surface area contributed by atoms with Gasteiger partial charge in [-0.25, -0.2) is 0 Å². The van der Waals surface area contributed by atoms with Gasteiger partial charge in [-0.2, -0.15) is 0 Å². The smallest absolute Gasteiger partial charge is 0.319 e. The molecule has 0 saturated carbocycles. The van der Waals surface area contributed by atoms with Gasteiger partial charge in [-0.15, -0.1) is 21.5 Å². The Balaban J connectivity index is 1.86. The third-order valence-electron chi connectivity index (χ3n) is 5.17. The second kappa shape index (κ2) is 7.89. The van der Waals surface area contributed by atoms with Crippen LogP contribution in [0.15, 0.2) is 34.2 Å². The van der Waals surface area contributed by atoms with Crippen molar-refractivity contribution in [2.75, 3.05) is 0 Å². The van der Waals surface area contributed by atoms with Gasteiger partial charge in [-0.3, -0.25) is 9.36 Å². The Kier molecular flexibility index (Phi) is 5.61. The summed E-state index contributed by atoms with van der Waals surface area (Å²) in [6.45, 7) is 5.48. The lowest BCUT2D eigenvalue weighted by Crippen LogP contribution is -2.27. The highest BCUT2D eigenvalue weighted by Gasteiger charge is 2.33. The standard InChI is InChI=1S/C21H22BrN3O2S2/c1-12-8-10-13(11-9-12)16-14-6-4-5-7-15(14)17(28-16)25-19(22)23-24-20(25)29-21(2,3)18(26)27/h8-11H,4-7H2,1-3H3,(H,26,27). The average molecular weight is 492 g/mol. The van der Waals surface area contributed by atoms with E-state index >= 15 is 0 Å². The number of rotatable bonds is 5. The zero-order chi connectivity index (χ0) is 20.8. The van der Waals surface area contributed by atoms with Crippen molar-refractivity contribution in [3.8, 4) is 15.4 Å². The largest absolute Gasteiger partial charge is 0.480 e. The summed E-state index contributed by atoms with van der Waals surface area (Å²) in [4.78, 5) is 12.9. The Hall–Kier alpha value is -1.64. The maximum absolute atomic E-state index is 11.6. The molecule has 4 rings (SSSR count). The van der Waals surface area contributed by atoms with Crippen LogP contribution < -0.4 is 0 Å². The molecule has 0 unspecified atom stereocenters. The van der Waals surface area contributed by atoms with Gasteiger partial charge >= 0.3 is 5.97 Å². The number of carboxylic acid groups (broad SMARTS) is 1. The van der Waals surface area contributed by atoms with E-state index in [0.717, 1.165) is 24.3 Å². The summed E-state index contributed by atoms with van der Waals surface area (Å²) in [7, 11) is 0. The van der Waals surface area contributed by atoms with Gasteiger partial charge in [-0.05, 0) is 79.1 Å². The van der Waals surface area contributed by atoms with Crippen LogP contribution in [0, 0.1) is 6.92 Å². The van der Waals surface area contributed by atoms with Crippen molar-refractivity contribution >= 4 is 45.0 Å². The van der Waals surface area contributed by atoms with Crippen LogP contribution in [0.3, 0.4) is 0 Å². The number of halogens is 1. The second-order valence-electron chi connectivity index (χ2n) is 7.77. The molecule has 1 aliphatic carbocycles. The number of aliphatic carboxylic acids is 1. The van der Waals surface area contributed by atoms with Crippen molar-refractivity contribution in [2.24, 2.45) is 0 Å². The first kappa shape index (κ1) is 20.6. The fraction of sp³-hybridized carbons (Fsp3) is 0.381. The molecular formula is C21H22BrN3O2S2. The van der Waals surface area contributed by atoms with Crippen LogP contribution >= 0.6 is 39.0 Å². The molecule has 3 aromatic rings. The van der Waals surface area contributed by atoms with Crippen LogP contribution in [0.4, 0.5) is 0 Å². The van der Waals surface area contributed by atoms with E-state index in [1.807, 2.05) is 4.57 Å². The Bertz CT molecular complexity index is 1070. The first-order valence-corrected chi connectivity index (χ1v) is 12.0. The quantitative estimate of drug-likeness (QED) is 0.449. The highest BCUT2D eigenvalue weighted by molar-refractivity contribution is 9.10. The summed E-state index contributed by atoms with van der Waals surface area (Å²) in [6.07, 6.45) is 4.44. The normalized spacial score (nSPS) is 14.1. The van der Waals surface area contributed by atoms with Gasteiger partial charge in [0, 0.05) is 4.88 Å². The van der Waals surface area contributed by atoms with Gasteiger partial charge in [0.1, 0.15) is 9.75 Å². The zero-order valence-corrected chi connectivity index (χ0v) is 19.7. The van der Waals surface area contributed by atoms with E-state index in [1.54, 1.807) is 25.2 Å². The number of thioether (sulfide) groups is 1. The van der Waals surface area contributed by atoms with Gasteiger partial charge in [0.25, 0.3) is 0 Å². The molecule has 5 nitrogen and oxygen atoms in total. The minimum Gasteiger partial charge on any atom is -0.480 e. The van der Waals surface area contributed by atoms with E-state index in [0.29, 0.717) is 9.89 Å². The Labute approximate surface area is 186 Å². The number of fused-ring (bicyclic) bond motifs is 1. The molecular weight excluding hydrogens is 470 g/mol. The van der Waals surface area contributed by atoms with Crippen molar-refractivity contribution in [3.05, 3.63) is 45.7 Å². The number of carbonyl (C=O) groups is 1. The van der Waals surface area contributed by atoms with E-state index in [1.165, 1.54) is 45.3 Å². The highest BCUT2D eigenvalue weighted by atomic mass is 79.9. The van der Waals surface area contributed by atoms with Crippen molar-refractivity contribution in [2.45, 2.75) is 56.4 Å². The molecule has 0 radical (unpaired) electrons. The third-order valence-corrected chi connectivity index (χ3v) is 8.12. The first-order chi connectivity index (χ1) is 13.8. The number of hydrogen-bond acceptors (Lipinski definition) is 5. The molecule has 0 spiro atoms. The average Bonchev–Trinajstić information content (AvgIpc) is 3.22. The summed E-state index contributed by atoms with van der Waals surface area (Å²) in [5.74, 6) is -0.873. The molecule has 1 aliphatic rings. The lowest BCUT2D eigenvalue weighted by atomic mass is 9.91. The minimum atomic E-state index is -0.999. The first-order valence-electron chi connectivity index (χ1n) is 9.53. The molecule has 29 heavy (non-hydrogen) atoms. The number of hydrogen-bond donors (Lipinski definition) is 1. The van der Waals surface area contributed by atoms with Gasteiger partial charge in [-0.1, -0.05) is 41.6 Å². The molecule has 152 valence electrons. The van der Waals surface area contributed by atoms with E-state index in [2.05, 4.69) is 57.3 Å². The number of thiophene rings is 1. The van der Waals surface area contributed by atoms with Crippen LogP contribution in [-0.2, 0) is 17.6 Å². The van der Waals surface area contributed by atoms with Gasteiger partial charge < -0.3 is 5.11 Å². The monoisotopic (exact) mass is 491 g/mol. The topological polar surface area (TPSA) is 68.0 Å². The summed E-state index contributed by atoms with van der Waals surface area (Å²) < 4.78 is 1.58. The molecule has 0 bridgehead atoms. The van der Waals surface area contributed by atoms with Gasteiger partial charge in [0.15, 0.2) is 5.16 Å². The van der Waals surface area contributed by atoms with Crippen molar-refractivity contribution in [1.29, 1.82) is 0 Å². The maximum atomic E-state index is 11.6. The number of aromatic nitrogens is 3. The molecule has 8 heteroatoms. The van der Waals surface area contributed by atoms with E-state index < -0.39 is 10.7 Å². The molecule has 2 heterocycles. The Morgan fingerprint density at radius 2 is 1.83 bits per heavy atom. The molecule has 0 fully saturated rings. The molecule has 0 amide bonds.